The van der Waals surface area contributed by atoms with Crippen molar-refractivity contribution in [3.05, 3.63) is 58.9 Å². The van der Waals surface area contributed by atoms with Crippen LogP contribution in [0.15, 0.2) is 58.5 Å². The number of thioether (sulfide) groups is 1. The van der Waals surface area contributed by atoms with Crippen LogP contribution in [-0.2, 0) is 16.1 Å². The summed E-state index contributed by atoms with van der Waals surface area (Å²) in [4.78, 5) is 45.4. The van der Waals surface area contributed by atoms with Gasteiger partial charge in [-0.05, 0) is 44.0 Å². The molecule has 1 aliphatic heterocycles. The molecular weight excluding hydrogens is 424 g/mol. The van der Waals surface area contributed by atoms with E-state index in [-0.39, 0.29) is 29.0 Å². The van der Waals surface area contributed by atoms with Crippen LogP contribution in [0.3, 0.4) is 0 Å². The van der Waals surface area contributed by atoms with E-state index in [1.54, 1.807) is 41.5 Å². The van der Waals surface area contributed by atoms with Crippen LogP contribution in [0.2, 0.25) is 0 Å². The molecule has 8 heteroatoms. The molecule has 0 saturated carbocycles. The molecule has 7 nitrogen and oxygen atoms in total. The first kappa shape index (κ1) is 22.1. The zero-order valence-electron chi connectivity index (χ0n) is 18.6. The summed E-state index contributed by atoms with van der Waals surface area (Å²) < 4.78 is 1.65. The number of carbonyl (C=O) groups is 2. The predicted molar refractivity (Wildman–Crippen MR) is 128 cm³/mol. The average molecular weight is 451 g/mol. The van der Waals surface area contributed by atoms with E-state index in [2.05, 4.69) is 10.3 Å². The first-order chi connectivity index (χ1) is 15.2. The number of amides is 2. The van der Waals surface area contributed by atoms with Crippen molar-refractivity contribution < 1.29 is 9.59 Å². The summed E-state index contributed by atoms with van der Waals surface area (Å²) in [6.07, 6.45) is 0. The summed E-state index contributed by atoms with van der Waals surface area (Å²) >= 11 is 1.23. The lowest BCUT2D eigenvalue weighted by Crippen LogP contribution is -2.59. The third kappa shape index (κ3) is 3.90. The SMILES string of the molecule is CC(C)Cn1c(SCC(=O)N2c3ccccc3NC(=O)C2(C)C)nc2ccccc2c1=O. The van der Waals surface area contributed by atoms with E-state index in [9.17, 15) is 14.4 Å². The quantitative estimate of drug-likeness (QED) is 0.471. The number of para-hydroxylation sites is 3. The Morgan fingerprint density at radius 2 is 1.78 bits per heavy atom. The zero-order chi connectivity index (χ0) is 23.0. The van der Waals surface area contributed by atoms with Gasteiger partial charge in [-0.3, -0.25) is 23.9 Å². The summed E-state index contributed by atoms with van der Waals surface area (Å²) in [7, 11) is 0. The van der Waals surface area contributed by atoms with Crippen molar-refractivity contribution in [1.82, 2.24) is 9.55 Å². The fourth-order valence-electron chi connectivity index (χ4n) is 3.87. The zero-order valence-corrected chi connectivity index (χ0v) is 19.4. The van der Waals surface area contributed by atoms with Crippen molar-refractivity contribution in [2.45, 2.75) is 44.9 Å². The molecule has 0 bridgehead atoms. The molecule has 2 heterocycles. The smallest absolute Gasteiger partial charge is 0.262 e. The monoisotopic (exact) mass is 450 g/mol. The summed E-state index contributed by atoms with van der Waals surface area (Å²) in [5, 5.41) is 3.93. The van der Waals surface area contributed by atoms with E-state index in [1.165, 1.54) is 11.8 Å². The molecule has 1 N–H and O–H groups in total. The van der Waals surface area contributed by atoms with Crippen LogP contribution in [0.1, 0.15) is 27.7 Å². The highest BCUT2D eigenvalue weighted by molar-refractivity contribution is 7.99. The molecule has 32 heavy (non-hydrogen) atoms. The topological polar surface area (TPSA) is 84.3 Å². The maximum atomic E-state index is 13.4. The lowest BCUT2D eigenvalue weighted by molar-refractivity contribution is -0.125. The van der Waals surface area contributed by atoms with Crippen LogP contribution in [0.25, 0.3) is 10.9 Å². The summed E-state index contributed by atoms with van der Waals surface area (Å²) in [5.74, 6) is -0.174. The van der Waals surface area contributed by atoms with Crippen molar-refractivity contribution in [1.29, 1.82) is 0 Å². The summed E-state index contributed by atoms with van der Waals surface area (Å²) in [5.41, 5.74) is 0.725. The van der Waals surface area contributed by atoms with Crippen LogP contribution < -0.4 is 15.8 Å². The number of fused-ring (bicyclic) bond motifs is 2. The number of benzene rings is 2. The number of carbonyl (C=O) groups excluding carboxylic acids is 2. The number of nitrogens with one attached hydrogen (secondary N) is 1. The molecule has 0 atom stereocenters. The Morgan fingerprint density at radius 1 is 1.09 bits per heavy atom. The Morgan fingerprint density at radius 3 is 2.53 bits per heavy atom. The van der Waals surface area contributed by atoms with Crippen molar-refractivity contribution in [3.63, 3.8) is 0 Å². The number of rotatable bonds is 5. The maximum absolute atomic E-state index is 13.4. The predicted octanol–water partition coefficient (Wildman–Crippen LogP) is 3.91. The molecule has 3 aromatic rings. The molecule has 0 radical (unpaired) electrons. The van der Waals surface area contributed by atoms with Gasteiger partial charge in [0.15, 0.2) is 5.16 Å². The number of nitrogens with zero attached hydrogens (tertiary/aromatic N) is 3. The minimum atomic E-state index is -1.04. The van der Waals surface area contributed by atoms with Crippen LogP contribution in [0.5, 0.6) is 0 Å². The lowest BCUT2D eigenvalue weighted by atomic mass is 9.96. The number of hydrogen-bond donors (Lipinski definition) is 1. The van der Waals surface area contributed by atoms with Gasteiger partial charge < -0.3 is 5.32 Å². The fourth-order valence-corrected chi connectivity index (χ4v) is 4.73. The van der Waals surface area contributed by atoms with E-state index < -0.39 is 5.54 Å². The minimum absolute atomic E-state index is 0.0495. The number of aromatic nitrogens is 2. The Labute approximate surface area is 190 Å². The Balaban J connectivity index is 1.68. The molecule has 1 aromatic heterocycles. The standard InChI is InChI=1S/C24H26N4O3S/c1-15(2)13-27-21(30)16-9-5-6-10-17(16)26-23(27)32-14-20(29)28-19-12-8-7-11-18(19)25-22(31)24(28,3)4/h5-12,15H,13-14H2,1-4H3,(H,25,31). The lowest BCUT2D eigenvalue weighted by Gasteiger charge is -2.42. The Hall–Kier alpha value is -3.13. The highest BCUT2D eigenvalue weighted by Gasteiger charge is 2.43. The third-order valence-corrected chi connectivity index (χ3v) is 6.42. The molecule has 2 aromatic carbocycles. The highest BCUT2D eigenvalue weighted by Crippen LogP contribution is 2.37. The van der Waals surface area contributed by atoms with Crippen LogP contribution >= 0.6 is 11.8 Å². The molecule has 0 saturated heterocycles. The number of anilines is 2. The second-order valence-corrected chi connectivity index (χ2v) is 9.71. The van der Waals surface area contributed by atoms with Crippen molar-refractivity contribution in [2.75, 3.05) is 16.0 Å². The van der Waals surface area contributed by atoms with Crippen molar-refractivity contribution in [2.24, 2.45) is 5.92 Å². The maximum Gasteiger partial charge on any atom is 0.262 e. The van der Waals surface area contributed by atoms with Gasteiger partial charge in [-0.2, -0.15) is 0 Å². The van der Waals surface area contributed by atoms with E-state index in [0.717, 1.165) is 0 Å². The molecule has 0 unspecified atom stereocenters. The van der Waals surface area contributed by atoms with Crippen LogP contribution in [-0.4, -0.2) is 32.7 Å². The highest BCUT2D eigenvalue weighted by atomic mass is 32.2. The van der Waals surface area contributed by atoms with Gasteiger partial charge in [0.1, 0.15) is 5.54 Å². The molecule has 4 rings (SSSR count). The third-order valence-electron chi connectivity index (χ3n) is 5.46. The molecule has 2 amide bonds. The van der Waals surface area contributed by atoms with E-state index >= 15 is 0 Å². The van der Waals surface area contributed by atoms with Gasteiger partial charge in [-0.1, -0.05) is 49.9 Å². The fraction of sp³-hybridized carbons (Fsp3) is 0.333. The van der Waals surface area contributed by atoms with Crippen LogP contribution in [0.4, 0.5) is 11.4 Å². The van der Waals surface area contributed by atoms with Gasteiger partial charge in [0.25, 0.3) is 5.56 Å². The van der Waals surface area contributed by atoms with E-state index in [0.29, 0.717) is 34.0 Å². The summed E-state index contributed by atoms with van der Waals surface area (Å²) in [6, 6.07) is 14.5. The molecule has 0 aliphatic carbocycles. The summed E-state index contributed by atoms with van der Waals surface area (Å²) in [6.45, 7) is 8.03. The Bertz CT molecular complexity index is 1270. The minimum Gasteiger partial charge on any atom is -0.322 e. The second-order valence-electron chi connectivity index (χ2n) is 8.77. The second kappa shape index (κ2) is 8.43. The molecule has 0 spiro atoms. The molecule has 166 valence electrons. The van der Waals surface area contributed by atoms with Gasteiger partial charge in [0.05, 0.1) is 28.0 Å². The molecular formula is C24H26N4O3S. The largest absolute Gasteiger partial charge is 0.322 e. The molecule has 1 aliphatic rings. The van der Waals surface area contributed by atoms with Gasteiger partial charge >= 0.3 is 0 Å². The van der Waals surface area contributed by atoms with Gasteiger partial charge in [0, 0.05) is 6.54 Å². The van der Waals surface area contributed by atoms with E-state index in [1.807, 2.05) is 44.2 Å². The average Bonchev–Trinajstić information content (AvgIpc) is 2.75. The first-order valence-corrected chi connectivity index (χ1v) is 11.5. The Kier molecular flexibility index (Phi) is 5.81. The van der Waals surface area contributed by atoms with Crippen molar-refractivity contribution in [3.8, 4) is 0 Å². The normalized spacial score (nSPS) is 15.0. The van der Waals surface area contributed by atoms with E-state index in [4.69, 9.17) is 0 Å². The van der Waals surface area contributed by atoms with Gasteiger partial charge in [0.2, 0.25) is 11.8 Å². The number of hydrogen-bond acceptors (Lipinski definition) is 5. The first-order valence-electron chi connectivity index (χ1n) is 10.6. The van der Waals surface area contributed by atoms with Crippen molar-refractivity contribution >= 4 is 45.9 Å². The molecule has 0 fully saturated rings. The van der Waals surface area contributed by atoms with Gasteiger partial charge in [-0.15, -0.1) is 0 Å². The van der Waals surface area contributed by atoms with Crippen LogP contribution in [0, 0.1) is 5.92 Å². The van der Waals surface area contributed by atoms with Gasteiger partial charge in [-0.25, -0.2) is 4.98 Å².